The van der Waals surface area contributed by atoms with Crippen LogP contribution in [0.2, 0.25) is 0 Å². The highest BCUT2D eigenvalue weighted by atomic mass is 32.2. The predicted octanol–water partition coefficient (Wildman–Crippen LogP) is 5.61. The fourth-order valence-corrected chi connectivity index (χ4v) is 5.26. The second kappa shape index (κ2) is 16.8. The lowest BCUT2D eigenvalue weighted by molar-refractivity contribution is 0.0355. The maximum Gasteiger partial charge on any atom is 0.339 e. The average molecular weight is 577 g/mol. The van der Waals surface area contributed by atoms with Crippen LogP contribution < -0.4 is 0 Å². The van der Waals surface area contributed by atoms with Crippen LogP contribution in [0, 0.1) is 0 Å². The number of allylic oxidation sites excluding steroid dienone is 2. The molecule has 0 unspecified atom stereocenters. The molecule has 1 aliphatic rings. The van der Waals surface area contributed by atoms with Gasteiger partial charge < -0.3 is 23.7 Å². The zero-order valence-electron chi connectivity index (χ0n) is 22.6. The molecule has 8 nitrogen and oxygen atoms in total. The van der Waals surface area contributed by atoms with Crippen molar-refractivity contribution < 1.29 is 38.1 Å². The van der Waals surface area contributed by atoms with Gasteiger partial charge in [0.05, 0.1) is 22.4 Å². The molecular formula is C29H36O8S2. The summed E-state index contributed by atoms with van der Waals surface area (Å²) in [5.41, 5.74) is 1.75. The third kappa shape index (κ3) is 11.3. The number of carbonyl (C=O) groups is 3. The van der Waals surface area contributed by atoms with Gasteiger partial charge in [0.1, 0.15) is 38.3 Å². The fourth-order valence-electron chi connectivity index (χ4n) is 3.07. The van der Waals surface area contributed by atoms with E-state index in [0.717, 1.165) is 17.1 Å². The lowest BCUT2D eigenvalue weighted by atomic mass is 10.0. The van der Waals surface area contributed by atoms with Crippen molar-refractivity contribution in [2.45, 2.75) is 26.4 Å². The molecule has 1 saturated heterocycles. The molecule has 0 radical (unpaired) electrons. The zero-order chi connectivity index (χ0) is 28.8. The first kappa shape index (κ1) is 32.1. The van der Waals surface area contributed by atoms with Crippen LogP contribution in [-0.2, 0) is 23.7 Å². The molecule has 39 heavy (non-hydrogen) atoms. The Labute approximate surface area is 238 Å². The van der Waals surface area contributed by atoms with E-state index in [4.69, 9.17) is 23.7 Å². The van der Waals surface area contributed by atoms with E-state index in [1.54, 1.807) is 30.4 Å². The van der Waals surface area contributed by atoms with Gasteiger partial charge >= 0.3 is 17.9 Å². The number of thioether (sulfide) groups is 2. The van der Waals surface area contributed by atoms with Crippen LogP contribution in [-0.4, -0.2) is 73.5 Å². The SMILES string of the molecule is C=C1CSCC(OC(=O)c2ccc(C(=O)OCCOC(=C)CC)c(C(=O)OCCOC(=C)C(=C)C)c2)CSC1. The Hall–Kier alpha value is -3.11. The van der Waals surface area contributed by atoms with Crippen LogP contribution in [0.4, 0.5) is 0 Å². The first-order valence-corrected chi connectivity index (χ1v) is 14.7. The highest BCUT2D eigenvalue weighted by Crippen LogP contribution is 2.23. The minimum absolute atomic E-state index is 0.0427. The van der Waals surface area contributed by atoms with Gasteiger partial charge in [-0.25, -0.2) is 14.4 Å². The summed E-state index contributed by atoms with van der Waals surface area (Å²) < 4.78 is 27.0. The summed E-state index contributed by atoms with van der Waals surface area (Å²) in [7, 11) is 0. The van der Waals surface area contributed by atoms with Crippen LogP contribution in [0.15, 0.2) is 67.2 Å². The molecule has 0 atom stereocenters. The predicted molar refractivity (Wildman–Crippen MR) is 155 cm³/mol. The summed E-state index contributed by atoms with van der Waals surface area (Å²) in [5, 5.41) is 0. The summed E-state index contributed by atoms with van der Waals surface area (Å²) in [6, 6.07) is 4.07. The molecule has 0 bridgehead atoms. The van der Waals surface area contributed by atoms with Gasteiger partial charge in [0, 0.05) is 29.4 Å². The van der Waals surface area contributed by atoms with Gasteiger partial charge in [-0.2, -0.15) is 23.5 Å². The highest BCUT2D eigenvalue weighted by molar-refractivity contribution is 8.01. The number of hydrogen-bond donors (Lipinski definition) is 0. The van der Waals surface area contributed by atoms with E-state index in [-0.39, 0.29) is 49.2 Å². The van der Waals surface area contributed by atoms with Crippen LogP contribution in [0.5, 0.6) is 0 Å². The maximum atomic E-state index is 13.0. The van der Waals surface area contributed by atoms with Gasteiger partial charge in [-0.3, -0.25) is 0 Å². The van der Waals surface area contributed by atoms with Gasteiger partial charge in [0.15, 0.2) is 0 Å². The molecule has 1 aromatic rings. The average Bonchev–Trinajstić information content (AvgIpc) is 2.90. The Kier molecular flexibility index (Phi) is 13.8. The zero-order valence-corrected chi connectivity index (χ0v) is 24.2. The molecule has 1 heterocycles. The largest absolute Gasteiger partial charge is 0.495 e. The van der Waals surface area contributed by atoms with Crippen molar-refractivity contribution in [3.8, 4) is 0 Å². The smallest absolute Gasteiger partial charge is 0.339 e. The Morgan fingerprint density at radius 2 is 1.41 bits per heavy atom. The monoisotopic (exact) mass is 576 g/mol. The lowest BCUT2D eigenvalue weighted by Gasteiger charge is -2.21. The second-order valence-electron chi connectivity index (χ2n) is 8.63. The summed E-state index contributed by atoms with van der Waals surface area (Å²) in [4.78, 5) is 38.7. The number of benzene rings is 1. The minimum atomic E-state index is -0.813. The van der Waals surface area contributed by atoms with Crippen molar-refractivity contribution >= 4 is 41.4 Å². The Morgan fingerprint density at radius 1 is 0.846 bits per heavy atom. The highest BCUT2D eigenvalue weighted by Gasteiger charge is 2.24. The van der Waals surface area contributed by atoms with E-state index in [1.807, 2.05) is 6.92 Å². The molecule has 1 aliphatic heterocycles. The molecule has 0 aromatic heterocycles. The van der Waals surface area contributed by atoms with Gasteiger partial charge in [0.2, 0.25) is 0 Å². The molecule has 2 rings (SSSR count). The molecule has 10 heteroatoms. The minimum Gasteiger partial charge on any atom is -0.495 e. The summed E-state index contributed by atoms with van der Waals surface area (Å²) in [6.07, 6.45) is 0.343. The first-order chi connectivity index (χ1) is 18.6. The third-order valence-corrected chi connectivity index (χ3v) is 7.71. The van der Waals surface area contributed by atoms with Crippen LogP contribution >= 0.6 is 23.5 Å². The standard InChI is InChI=1S/C29H36O8S2/c1-7-21(5)33-10-12-35-28(31)25-9-8-23(27(30)37-24-17-38-15-20(4)16-39-18-24)14-26(25)29(32)36-13-11-34-22(6)19(2)3/h8-9,14,24H,2,4-7,10-13,15-18H2,1,3H3. The number of carbonyl (C=O) groups excluding carboxylic acids is 3. The van der Waals surface area contributed by atoms with Crippen molar-refractivity contribution in [2.24, 2.45) is 0 Å². The molecule has 212 valence electrons. The van der Waals surface area contributed by atoms with E-state index in [9.17, 15) is 14.4 Å². The molecule has 0 amide bonds. The molecule has 1 fully saturated rings. The number of ether oxygens (including phenoxy) is 5. The Balaban J connectivity index is 2.13. The molecule has 1 aromatic carbocycles. The fraction of sp³-hybridized carbons (Fsp3) is 0.414. The van der Waals surface area contributed by atoms with Crippen molar-refractivity contribution in [2.75, 3.05) is 49.4 Å². The van der Waals surface area contributed by atoms with Crippen molar-refractivity contribution in [1.29, 1.82) is 0 Å². The van der Waals surface area contributed by atoms with Crippen molar-refractivity contribution in [3.63, 3.8) is 0 Å². The van der Waals surface area contributed by atoms with E-state index in [0.29, 0.717) is 35.0 Å². The molecular weight excluding hydrogens is 540 g/mol. The van der Waals surface area contributed by atoms with Gasteiger partial charge in [0.25, 0.3) is 0 Å². The van der Waals surface area contributed by atoms with Gasteiger partial charge in [-0.15, -0.1) is 0 Å². The Bertz CT molecular complexity index is 1080. The maximum absolute atomic E-state index is 13.0. The first-order valence-electron chi connectivity index (χ1n) is 12.4. The lowest BCUT2D eigenvalue weighted by Crippen LogP contribution is -2.25. The topological polar surface area (TPSA) is 97.4 Å². The van der Waals surface area contributed by atoms with Crippen LogP contribution in [0.3, 0.4) is 0 Å². The van der Waals surface area contributed by atoms with Crippen molar-refractivity contribution in [1.82, 2.24) is 0 Å². The van der Waals surface area contributed by atoms with Crippen LogP contribution in [0.25, 0.3) is 0 Å². The number of rotatable bonds is 14. The molecule has 0 spiro atoms. The number of esters is 3. The summed E-state index contributed by atoms with van der Waals surface area (Å²) in [6.45, 7) is 18.8. The molecule has 0 saturated carbocycles. The van der Waals surface area contributed by atoms with Crippen LogP contribution in [0.1, 0.15) is 51.3 Å². The van der Waals surface area contributed by atoms with Gasteiger partial charge in [-0.1, -0.05) is 38.8 Å². The normalized spacial score (nSPS) is 13.8. The summed E-state index contributed by atoms with van der Waals surface area (Å²) >= 11 is 3.32. The van der Waals surface area contributed by atoms with Gasteiger partial charge in [-0.05, 0) is 30.7 Å². The third-order valence-electron chi connectivity index (χ3n) is 5.27. The van der Waals surface area contributed by atoms with E-state index >= 15 is 0 Å². The van der Waals surface area contributed by atoms with E-state index < -0.39 is 17.9 Å². The number of hydrogen-bond acceptors (Lipinski definition) is 10. The quantitative estimate of drug-likeness (QED) is 0.0694. The summed E-state index contributed by atoms with van der Waals surface area (Å²) in [5.74, 6) is 1.69. The molecule has 0 aliphatic carbocycles. The second-order valence-corrected chi connectivity index (χ2v) is 10.7. The Morgan fingerprint density at radius 3 is 2.00 bits per heavy atom. The molecule has 0 N–H and O–H groups in total. The van der Waals surface area contributed by atoms with E-state index in [2.05, 4.69) is 26.3 Å². The van der Waals surface area contributed by atoms with Crippen molar-refractivity contribution in [3.05, 3.63) is 83.9 Å². The van der Waals surface area contributed by atoms with E-state index in [1.165, 1.54) is 18.2 Å².